The van der Waals surface area contributed by atoms with Gasteiger partial charge in [-0.1, -0.05) is 6.92 Å². The Morgan fingerprint density at radius 1 is 1.56 bits per heavy atom. The molecule has 0 aliphatic carbocycles. The topological polar surface area (TPSA) is 23.5 Å². The van der Waals surface area contributed by atoms with Crippen molar-refractivity contribution in [3.63, 3.8) is 0 Å². The van der Waals surface area contributed by atoms with Crippen LogP contribution in [0.3, 0.4) is 0 Å². The third-order valence-electron chi connectivity index (χ3n) is 2.12. The molecular weight excluding hydrogens is 114 g/mol. The van der Waals surface area contributed by atoms with Crippen LogP contribution in [0.1, 0.15) is 13.3 Å². The summed E-state index contributed by atoms with van der Waals surface area (Å²) >= 11 is 0. The molecule has 0 amide bonds. The summed E-state index contributed by atoms with van der Waals surface area (Å²) in [6, 6.07) is 0. The Morgan fingerprint density at radius 3 is 2.67 bits per heavy atom. The van der Waals surface area contributed by atoms with E-state index in [0.717, 1.165) is 19.5 Å². The molecule has 9 heavy (non-hydrogen) atoms. The lowest BCUT2D eigenvalue weighted by Gasteiger charge is -2.31. The number of piperidine rings is 1. The van der Waals surface area contributed by atoms with Gasteiger partial charge in [-0.2, -0.15) is 0 Å². The fraction of sp³-hybridized carbons (Fsp3) is 1.00. The van der Waals surface area contributed by atoms with E-state index in [4.69, 9.17) is 0 Å². The second-order valence-corrected chi connectivity index (χ2v) is 3.10. The first-order valence-corrected chi connectivity index (χ1v) is 3.57. The minimum Gasteiger partial charge on any atom is -0.392 e. The standard InChI is InChI=1S/C7H15NO/c1-6-3-4-8(2)5-7(6)9/h6-7,9H,3-5H2,1-2H3/t6-,7+/m1/s1. The molecule has 0 aromatic rings. The first-order chi connectivity index (χ1) is 4.20. The fourth-order valence-electron chi connectivity index (χ4n) is 1.21. The summed E-state index contributed by atoms with van der Waals surface area (Å²) in [4.78, 5) is 2.17. The number of likely N-dealkylation sites (N-methyl/N-ethyl adjacent to an activating group) is 1. The molecule has 1 fully saturated rings. The Balaban J connectivity index is 2.35. The molecule has 0 saturated carbocycles. The molecule has 0 spiro atoms. The van der Waals surface area contributed by atoms with Crippen molar-refractivity contribution in [2.24, 2.45) is 5.92 Å². The van der Waals surface area contributed by atoms with E-state index in [2.05, 4.69) is 18.9 Å². The molecular formula is C7H15NO. The molecule has 1 aliphatic rings. The van der Waals surface area contributed by atoms with Gasteiger partial charge in [-0.25, -0.2) is 0 Å². The van der Waals surface area contributed by atoms with Crippen molar-refractivity contribution in [2.45, 2.75) is 19.4 Å². The number of hydrogen-bond acceptors (Lipinski definition) is 2. The number of hydrogen-bond donors (Lipinski definition) is 1. The minimum atomic E-state index is -0.0938. The van der Waals surface area contributed by atoms with E-state index in [-0.39, 0.29) is 6.10 Å². The summed E-state index contributed by atoms with van der Waals surface area (Å²) < 4.78 is 0. The van der Waals surface area contributed by atoms with Crippen molar-refractivity contribution < 1.29 is 5.11 Å². The largest absolute Gasteiger partial charge is 0.392 e. The molecule has 0 radical (unpaired) electrons. The van der Waals surface area contributed by atoms with Crippen LogP contribution < -0.4 is 0 Å². The zero-order chi connectivity index (χ0) is 6.85. The highest BCUT2D eigenvalue weighted by atomic mass is 16.3. The van der Waals surface area contributed by atoms with Crippen LogP contribution in [0.2, 0.25) is 0 Å². The summed E-state index contributed by atoms with van der Waals surface area (Å²) in [7, 11) is 2.05. The number of likely N-dealkylation sites (tertiary alicyclic amines) is 1. The van der Waals surface area contributed by atoms with Crippen LogP contribution in [-0.4, -0.2) is 36.2 Å². The third kappa shape index (κ3) is 1.66. The second-order valence-electron chi connectivity index (χ2n) is 3.10. The van der Waals surface area contributed by atoms with E-state index in [1.807, 2.05) is 0 Å². The van der Waals surface area contributed by atoms with E-state index < -0.39 is 0 Å². The Morgan fingerprint density at radius 2 is 2.22 bits per heavy atom. The zero-order valence-electron chi connectivity index (χ0n) is 6.17. The van der Waals surface area contributed by atoms with Crippen molar-refractivity contribution in [1.29, 1.82) is 0 Å². The molecule has 0 aromatic heterocycles. The predicted molar refractivity (Wildman–Crippen MR) is 37.3 cm³/mol. The van der Waals surface area contributed by atoms with Crippen LogP contribution >= 0.6 is 0 Å². The molecule has 54 valence electrons. The average molecular weight is 129 g/mol. The zero-order valence-corrected chi connectivity index (χ0v) is 6.17. The lowest BCUT2D eigenvalue weighted by Crippen LogP contribution is -2.40. The number of aliphatic hydroxyl groups is 1. The van der Waals surface area contributed by atoms with E-state index in [1.54, 1.807) is 0 Å². The summed E-state index contributed by atoms with van der Waals surface area (Å²) in [6.07, 6.45) is 1.04. The molecule has 2 heteroatoms. The number of aliphatic hydroxyl groups excluding tert-OH is 1. The van der Waals surface area contributed by atoms with Crippen LogP contribution in [0.4, 0.5) is 0 Å². The Labute approximate surface area is 56.5 Å². The predicted octanol–water partition coefficient (Wildman–Crippen LogP) is 0.319. The van der Waals surface area contributed by atoms with Gasteiger partial charge in [-0.15, -0.1) is 0 Å². The lowest BCUT2D eigenvalue weighted by atomic mass is 9.97. The van der Waals surface area contributed by atoms with Gasteiger partial charge in [0.25, 0.3) is 0 Å². The van der Waals surface area contributed by atoms with Gasteiger partial charge < -0.3 is 10.0 Å². The highest BCUT2D eigenvalue weighted by Crippen LogP contribution is 2.14. The van der Waals surface area contributed by atoms with Gasteiger partial charge in [0.15, 0.2) is 0 Å². The monoisotopic (exact) mass is 129 g/mol. The molecule has 0 aromatic carbocycles. The van der Waals surface area contributed by atoms with Gasteiger partial charge in [-0.05, 0) is 25.9 Å². The van der Waals surface area contributed by atoms with Crippen molar-refractivity contribution >= 4 is 0 Å². The number of β-amino-alcohol motifs (C(OH)–C–C–N with tert-alkyl or cyclic N) is 1. The number of nitrogens with zero attached hydrogens (tertiary/aromatic N) is 1. The lowest BCUT2D eigenvalue weighted by molar-refractivity contribution is 0.0404. The van der Waals surface area contributed by atoms with Gasteiger partial charge in [-0.3, -0.25) is 0 Å². The van der Waals surface area contributed by atoms with Crippen molar-refractivity contribution in [2.75, 3.05) is 20.1 Å². The highest BCUT2D eigenvalue weighted by molar-refractivity contribution is 4.74. The molecule has 1 saturated heterocycles. The summed E-state index contributed by atoms with van der Waals surface area (Å²) in [6.45, 7) is 4.09. The summed E-state index contributed by atoms with van der Waals surface area (Å²) in [5.74, 6) is 0.501. The van der Waals surface area contributed by atoms with Gasteiger partial charge in [0.05, 0.1) is 6.10 Å². The fourth-order valence-corrected chi connectivity index (χ4v) is 1.21. The molecule has 1 aliphatic heterocycles. The van der Waals surface area contributed by atoms with Gasteiger partial charge in [0, 0.05) is 6.54 Å². The van der Waals surface area contributed by atoms with Crippen LogP contribution in [0.15, 0.2) is 0 Å². The minimum absolute atomic E-state index is 0.0938. The van der Waals surface area contributed by atoms with Gasteiger partial charge in [0.2, 0.25) is 0 Å². The van der Waals surface area contributed by atoms with E-state index in [9.17, 15) is 5.11 Å². The maximum absolute atomic E-state index is 9.31. The van der Waals surface area contributed by atoms with Crippen LogP contribution in [0, 0.1) is 5.92 Å². The van der Waals surface area contributed by atoms with Crippen molar-refractivity contribution in [3.8, 4) is 0 Å². The molecule has 1 heterocycles. The van der Waals surface area contributed by atoms with Crippen LogP contribution in [0.5, 0.6) is 0 Å². The molecule has 1 N–H and O–H groups in total. The maximum Gasteiger partial charge on any atom is 0.0692 e. The first-order valence-electron chi connectivity index (χ1n) is 3.57. The third-order valence-corrected chi connectivity index (χ3v) is 2.12. The molecule has 0 bridgehead atoms. The SMILES string of the molecule is C[C@@H]1CCN(C)C[C@@H]1O. The smallest absolute Gasteiger partial charge is 0.0692 e. The molecule has 0 unspecified atom stereocenters. The van der Waals surface area contributed by atoms with Gasteiger partial charge >= 0.3 is 0 Å². The molecule has 2 nitrogen and oxygen atoms in total. The van der Waals surface area contributed by atoms with E-state index in [0.29, 0.717) is 5.92 Å². The van der Waals surface area contributed by atoms with Crippen LogP contribution in [-0.2, 0) is 0 Å². The Hall–Kier alpha value is -0.0800. The molecule has 2 atom stereocenters. The Bertz CT molecular complexity index is 94.9. The summed E-state index contributed by atoms with van der Waals surface area (Å²) in [5.41, 5.74) is 0. The van der Waals surface area contributed by atoms with E-state index in [1.165, 1.54) is 0 Å². The number of rotatable bonds is 0. The molecule has 1 rings (SSSR count). The van der Waals surface area contributed by atoms with Crippen molar-refractivity contribution in [1.82, 2.24) is 4.90 Å². The summed E-state index contributed by atoms with van der Waals surface area (Å²) in [5, 5.41) is 9.31. The average Bonchev–Trinajstić information content (AvgIpc) is 1.80. The Kier molecular flexibility index (Phi) is 2.09. The normalized spacial score (nSPS) is 39.0. The highest BCUT2D eigenvalue weighted by Gasteiger charge is 2.21. The quantitative estimate of drug-likeness (QED) is 0.509. The van der Waals surface area contributed by atoms with Gasteiger partial charge in [0.1, 0.15) is 0 Å². The maximum atomic E-state index is 9.31. The van der Waals surface area contributed by atoms with Crippen LogP contribution in [0.25, 0.3) is 0 Å². The first kappa shape index (κ1) is 7.03. The van der Waals surface area contributed by atoms with Crippen molar-refractivity contribution in [3.05, 3.63) is 0 Å². The second kappa shape index (κ2) is 2.67. The van der Waals surface area contributed by atoms with E-state index >= 15 is 0 Å².